The van der Waals surface area contributed by atoms with Crippen LogP contribution in [0.3, 0.4) is 0 Å². The largest absolute Gasteiger partial charge is 0.325 e. The molecule has 0 radical (unpaired) electrons. The molecule has 0 atom stereocenters. The zero-order valence-corrected chi connectivity index (χ0v) is 14.5. The minimum Gasteiger partial charge on any atom is -0.325 e. The van der Waals surface area contributed by atoms with Crippen molar-refractivity contribution >= 4 is 44.9 Å². The lowest BCUT2D eigenvalue weighted by Crippen LogP contribution is -2.15. The van der Waals surface area contributed by atoms with E-state index in [-0.39, 0.29) is 5.91 Å². The third kappa shape index (κ3) is 4.12. The van der Waals surface area contributed by atoms with Gasteiger partial charge in [-0.1, -0.05) is 37.3 Å². The van der Waals surface area contributed by atoms with Crippen molar-refractivity contribution in [3.05, 3.63) is 59.1 Å². The number of amides is 1. The Morgan fingerprint density at radius 2 is 1.96 bits per heavy atom. The molecule has 5 heteroatoms. The number of carbonyl (C=O) groups excluding carboxylic acids is 1. The van der Waals surface area contributed by atoms with Crippen molar-refractivity contribution in [3.8, 4) is 0 Å². The first-order valence-electron chi connectivity index (χ1n) is 7.56. The van der Waals surface area contributed by atoms with Crippen molar-refractivity contribution in [1.82, 2.24) is 4.98 Å². The van der Waals surface area contributed by atoms with E-state index in [9.17, 15) is 4.79 Å². The fourth-order valence-electron chi connectivity index (χ4n) is 2.35. The number of para-hydroxylation sites is 2. The number of thiazole rings is 1. The molecule has 0 spiro atoms. The summed E-state index contributed by atoms with van der Waals surface area (Å²) in [5, 5.41) is 4.07. The Hall–Kier alpha value is -1.85. The van der Waals surface area contributed by atoms with Crippen LogP contribution in [0.2, 0.25) is 0 Å². The standard InChI is InChI=1S/C18H18N2OS2/c1-2-13-7-3-4-8-14(13)19-17(21)11-22-12-18-20-15-9-5-6-10-16(15)23-18/h3-10H,2,11-12H2,1H3,(H,19,21). The van der Waals surface area contributed by atoms with Gasteiger partial charge >= 0.3 is 0 Å². The molecule has 1 aromatic heterocycles. The highest BCUT2D eigenvalue weighted by Crippen LogP contribution is 2.25. The summed E-state index contributed by atoms with van der Waals surface area (Å²) >= 11 is 3.29. The van der Waals surface area contributed by atoms with E-state index in [1.807, 2.05) is 42.5 Å². The molecular weight excluding hydrogens is 324 g/mol. The van der Waals surface area contributed by atoms with Crippen LogP contribution in [0, 0.1) is 0 Å². The summed E-state index contributed by atoms with van der Waals surface area (Å²) in [4.78, 5) is 16.7. The van der Waals surface area contributed by atoms with Gasteiger partial charge in [-0.2, -0.15) is 0 Å². The zero-order chi connectivity index (χ0) is 16.1. The topological polar surface area (TPSA) is 42.0 Å². The van der Waals surface area contributed by atoms with Crippen LogP contribution in [0.15, 0.2) is 48.5 Å². The van der Waals surface area contributed by atoms with Crippen molar-refractivity contribution in [1.29, 1.82) is 0 Å². The van der Waals surface area contributed by atoms with Gasteiger partial charge in [0.2, 0.25) is 5.91 Å². The second kappa shape index (κ2) is 7.62. The molecule has 1 amide bonds. The summed E-state index contributed by atoms with van der Waals surface area (Å²) in [5.74, 6) is 1.24. The summed E-state index contributed by atoms with van der Waals surface area (Å²) in [5.41, 5.74) is 3.12. The normalized spacial score (nSPS) is 10.8. The van der Waals surface area contributed by atoms with Gasteiger partial charge in [0.15, 0.2) is 0 Å². The van der Waals surface area contributed by atoms with Gasteiger partial charge in [0.05, 0.1) is 16.0 Å². The van der Waals surface area contributed by atoms with E-state index >= 15 is 0 Å². The number of fused-ring (bicyclic) bond motifs is 1. The number of anilines is 1. The molecule has 118 valence electrons. The van der Waals surface area contributed by atoms with Gasteiger partial charge in [-0.3, -0.25) is 4.79 Å². The number of nitrogens with one attached hydrogen (secondary N) is 1. The molecule has 0 fully saturated rings. The second-order valence-corrected chi connectivity index (χ2v) is 7.23. The molecule has 0 bridgehead atoms. The van der Waals surface area contributed by atoms with Crippen LogP contribution >= 0.6 is 23.1 Å². The Kier molecular flexibility index (Phi) is 5.31. The van der Waals surface area contributed by atoms with Crippen molar-refractivity contribution < 1.29 is 4.79 Å². The van der Waals surface area contributed by atoms with Crippen LogP contribution < -0.4 is 5.32 Å². The first-order chi connectivity index (χ1) is 11.3. The molecule has 3 rings (SSSR count). The number of hydrogen-bond donors (Lipinski definition) is 1. The molecule has 0 saturated heterocycles. The van der Waals surface area contributed by atoms with Crippen molar-refractivity contribution in [2.24, 2.45) is 0 Å². The summed E-state index contributed by atoms with van der Waals surface area (Å²) in [6, 6.07) is 16.1. The predicted octanol–water partition coefficient (Wildman–Crippen LogP) is 4.73. The number of rotatable bonds is 6. The van der Waals surface area contributed by atoms with Gasteiger partial charge < -0.3 is 5.32 Å². The summed E-state index contributed by atoms with van der Waals surface area (Å²) in [6.07, 6.45) is 0.912. The highest BCUT2D eigenvalue weighted by atomic mass is 32.2. The van der Waals surface area contributed by atoms with Crippen molar-refractivity contribution in [3.63, 3.8) is 0 Å². The minimum absolute atomic E-state index is 0.0389. The molecule has 1 heterocycles. The lowest BCUT2D eigenvalue weighted by molar-refractivity contribution is -0.113. The Morgan fingerprint density at radius 3 is 2.78 bits per heavy atom. The molecule has 0 aliphatic carbocycles. The van der Waals surface area contributed by atoms with Gasteiger partial charge in [0.1, 0.15) is 5.01 Å². The summed E-state index contributed by atoms with van der Waals surface area (Å²) in [7, 11) is 0. The highest BCUT2D eigenvalue weighted by Gasteiger charge is 2.08. The van der Waals surface area contributed by atoms with E-state index in [2.05, 4.69) is 23.3 Å². The third-order valence-electron chi connectivity index (χ3n) is 3.47. The molecular formula is C18H18N2OS2. The molecule has 0 aliphatic rings. The Balaban J connectivity index is 1.53. The number of thioether (sulfide) groups is 1. The maximum Gasteiger partial charge on any atom is 0.234 e. The monoisotopic (exact) mass is 342 g/mol. The number of nitrogens with zero attached hydrogens (tertiary/aromatic N) is 1. The van der Waals surface area contributed by atoms with E-state index in [1.54, 1.807) is 23.1 Å². The number of aryl methyl sites for hydroxylation is 1. The van der Waals surface area contributed by atoms with E-state index < -0.39 is 0 Å². The average molecular weight is 342 g/mol. The van der Waals surface area contributed by atoms with E-state index in [1.165, 1.54) is 4.70 Å². The highest BCUT2D eigenvalue weighted by molar-refractivity contribution is 7.99. The van der Waals surface area contributed by atoms with E-state index in [0.29, 0.717) is 5.75 Å². The van der Waals surface area contributed by atoms with Gasteiger partial charge in [0.25, 0.3) is 0 Å². The molecule has 3 aromatic rings. The van der Waals surface area contributed by atoms with Crippen LogP contribution in [0.5, 0.6) is 0 Å². The SMILES string of the molecule is CCc1ccccc1NC(=O)CSCc1nc2ccccc2s1. The van der Waals surface area contributed by atoms with E-state index in [0.717, 1.165) is 33.9 Å². The quantitative estimate of drug-likeness (QED) is 0.704. The predicted molar refractivity (Wildman–Crippen MR) is 100 cm³/mol. The molecule has 2 aromatic carbocycles. The molecule has 0 saturated carbocycles. The summed E-state index contributed by atoms with van der Waals surface area (Å²) < 4.78 is 1.20. The van der Waals surface area contributed by atoms with Crippen LogP contribution in [0.4, 0.5) is 5.69 Å². The van der Waals surface area contributed by atoms with Crippen LogP contribution in [-0.4, -0.2) is 16.6 Å². The minimum atomic E-state index is 0.0389. The van der Waals surface area contributed by atoms with E-state index in [4.69, 9.17) is 0 Å². The molecule has 3 nitrogen and oxygen atoms in total. The zero-order valence-electron chi connectivity index (χ0n) is 12.9. The van der Waals surface area contributed by atoms with Crippen LogP contribution in [0.25, 0.3) is 10.2 Å². The average Bonchev–Trinajstić information content (AvgIpc) is 2.98. The fourth-order valence-corrected chi connectivity index (χ4v) is 4.20. The number of carbonyl (C=O) groups is 1. The van der Waals surface area contributed by atoms with Crippen molar-refractivity contribution in [2.75, 3.05) is 11.1 Å². The Labute approximate surface area is 144 Å². The molecule has 0 aliphatic heterocycles. The second-order valence-electron chi connectivity index (χ2n) is 5.13. The Bertz CT molecular complexity index is 780. The Morgan fingerprint density at radius 1 is 1.17 bits per heavy atom. The lowest BCUT2D eigenvalue weighted by Gasteiger charge is -2.09. The van der Waals surface area contributed by atoms with Crippen LogP contribution in [0.1, 0.15) is 17.5 Å². The number of hydrogen-bond acceptors (Lipinski definition) is 4. The fraction of sp³-hybridized carbons (Fsp3) is 0.222. The van der Waals surface area contributed by atoms with Gasteiger partial charge in [0, 0.05) is 11.4 Å². The number of aromatic nitrogens is 1. The van der Waals surface area contributed by atoms with Crippen LogP contribution in [-0.2, 0) is 17.0 Å². The van der Waals surface area contributed by atoms with Gasteiger partial charge in [-0.15, -0.1) is 23.1 Å². The molecule has 0 unspecified atom stereocenters. The maximum absolute atomic E-state index is 12.1. The molecule has 1 N–H and O–H groups in total. The number of benzene rings is 2. The maximum atomic E-state index is 12.1. The molecule has 23 heavy (non-hydrogen) atoms. The third-order valence-corrected chi connectivity index (χ3v) is 5.63. The first kappa shape index (κ1) is 16.0. The van der Waals surface area contributed by atoms with Crippen molar-refractivity contribution in [2.45, 2.75) is 19.1 Å². The first-order valence-corrected chi connectivity index (χ1v) is 9.53. The smallest absolute Gasteiger partial charge is 0.234 e. The summed E-state index contributed by atoms with van der Waals surface area (Å²) in [6.45, 7) is 2.09. The van der Waals surface area contributed by atoms with Gasteiger partial charge in [-0.25, -0.2) is 4.98 Å². The van der Waals surface area contributed by atoms with Gasteiger partial charge in [-0.05, 0) is 30.2 Å². The lowest BCUT2D eigenvalue weighted by atomic mass is 10.1.